The third kappa shape index (κ3) is 10.3. The SMILES string of the molecule is CN=C(NCCc1ccc(Cl)cc1)NCC(C)(C)NS(C)(=O)=O.I. The van der Waals surface area contributed by atoms with Crippen molar-refractivity contribution in [3.05, 3.63) is 34.9 Å². The molecular weight excluding hydrogens is 463 g/mol. The second kappa shape index (κ2) is 10.4. The maximum absolute atomic E-state index is 11.3. The molecule has 1 aromatic rings. The first-order chi connectivity index (χ1) is 10.6. The van der Waals surface area contributed by atoms with Gasteiger partial charge in [0.25, 0.3) is 0 Å². The van der Waals surface area contributed by atoms with Gasteiger partial charge in [-0.05, 0) is 38.0 Å². The lowest BCUT2D eigenvalue weighted by Gasteiger charge is -2.26. The van der Waals surface area contributed by atoms with Crippen LogP contribution in [0.1, 0.15) is 19.4 Å². The summed E-state index contributed by atoms with van der Waals surface area (Å²) in [5.41, 5.74) is 0.568. The molecule has 24 heavy (non-hydrogen) atoms. The Morgan fingerprint density at radius 1 is 1.21 bits per heavy atom. The number of guanidine groups is 1. The Morgan fingerprint density at radius 3 is 2.29 bits per heavy atom. The summed E-state index contributed by atoms with van der Waals surface area (Å²) in [4.78, 5) is 4.13. The molecule has 138 valence electrons. The van der Waals surface area contributed by atoms with E-state index in [-0.39, 0.29) is 24.0 Å². The minimum absolute atomic E-state index is 0. The van der Waals surface area contributed by atoms with Crippen molar-refractivity contribution in [2.75, 3.05) is 26.4 Å². The Balaban J connectivity index is 0.00000529. The Kier molecular flexibility index (Phi) is 10.2. The summed E-state index contributed by atoms with van der Waals surface area (Å²) in [6.07, 6.45) is 1.98. The average molecular weight is 489 g/mol. The van der Waals surface area contributed by atoms with Crippen LogP contribution in [0.3, 0.4) is 0 Å². The number of hydrogen-bond acceptors (Lipinski definition) is 3. The monoisotopic (exact) mass is 488 g/mol. The first-order valence-corrected chi connectivity index (χ1v) is 9.56. The van der Waals surface area contributed by atoms with Gasteiger partial charge in [-0.25, -0.2) is 13.1 Å². The zero-order chi connectivity index (χ0) is 17.5. The van der Waals surface area contributed by atoms with Gasteiger partial charge in [-0.15, -0.1) is 24.0 Å². The fourth-order valence-corrected chi connectivity index (χ4v) is 3.24. The second-order valence-electron chi connectivity index (χ2n) is 5.99. The van der Waals surface area contributed by atoms with Crippen molar-refractivity contribution in [2.45, 2.75) is 25.8 Å². The molecule has 0 aliphatic rings. The van der Waals surface area contributed by atoms with E-state index in [2.05, 4.69) is 20.3 Å². The van der Waals surface area contributed by atoms with Crippen LogP contribution in [0.4, 0.5) is 0 Å². The largest absolute Gasteiger partial charge is 0.356 e. The molecule has 1 rings (SSSR count). The van der Waals surface area contributed by atoms with E-state index in [1.54, 1.807) is 7.05 Å². The van der Waals surface area contributed by atoms with Crippen molar-refractivity contribution in [1.29, 1.82) is 0 Å². The maximum Gasteiger partial charge on any atom is 0.209 e. The average Bonchev–Trinajstić information content (AvgIpc) is 2.42. The van der Waals surface area contributed by atoms with Crippen LogP contribution in [0.15, 0.2) is 29.3 Å². The van der Waals surface area contributed by atoms with E-state index in [1.807, 2.05) is 38.1 Å². The van der Waals surface area contributed by atoms with E-state index >= 15 is 0 Å². The summed E-state index contributed by atoms with van der Waals surface area (Å²) < 4.78 is 25.2. The van der Waals surface area contributed by atoms with Gasteiger partial charge in [0.1, 0.15) is 0 Å². The van der Waals surface area contributed by atoms with Crippen molar-refractivity contribution in [3.63, 3.8) is 0 Å². The highest BCUT2D eigenvalue weighted by atomic mass is 127. The third-order valence-corrected chi connectivity index (χ3v) is 4.18. The van der Waals surface area contributed by atoms with Crippen molar-refractivity contribution in [1.82, 2.24) is 15.4 Å². The summed E-state index contributed by atoms with van der Waals surface area (Å²) in [6.45, 7) is 4.74. The molecule has 0 unspecified atom stereocenters. The van der Waals surface area contributed by atoms with Gasteiger partial charge in [0.05, 0.1) is 6.26 Å². The topological polar surface area (TPSA) is 82.6 Å². The fraction of sp³-hybridized carbons (Fsp3) is 0.533. The molecule has 0 bridgehead atoms. The number of nitrogens with one attached hydrogen (secondary N) is 3. The van der Waals surface area contributed by atoms with Gasteiger partial charge in [0, 0.05) is 30.7 Å². The van der Waals surface area contributed by atoms with Gasteiger partial charge in [-0.3, -0.25) is 4.99 Å². The van der Waals surface area contributed by atoms with Crippen LogP contribution in [0.5, 0.6) is 0 Å². The first-order valence-electron chi connectivity index (χ1n) is 7.29. The molecule has 0 spiro atoms. The molecule has 0 atom stereocenters. The number of sulfonamides is 1. The molecule has 3 N–H and O–H groups in total. The number of halogens is 2. The molecule has 0 heterocycles. The van der Waals surface area contributed by atoms with Gasteiger partial charge in [0.15, 0.2) is 5.96 Å². The minimum atomic E-state index is -3.25. The lowest BCUT2D eigenvalue weighted by Crippen LogP contribution is -2.53. The molecule has 0 fully saturated rings. The molecule has 0 aliphatic carbocycles. The standard InChI is InChI=1S/C15H25ClN4O2S.HI/c1-15(2,20-23(4,21)22)11-19-14(17-3)18-10-9-12-5-7-13(16)8-6-12;/h5-8,20H,9-11H2,1-4H3,(H2,17,18,19);1H. The molecule has 0 aliphatic heterocycles. The quantitative estimate of drug-likeness (QED) is 0.311. The lowest BCUT2D eigenvalue weighted by molar-refractivity contribution is 0.446. The first kappa shape index (κ1) is 23.4. The van der Waals surface area contributed by atoms with Crippen molar-refractivity contribution in [2.24, 2.45) is 4.99 Å². The van der Waals surface area contributed by atoms with Crippen molar-refractivity contribution < 1.29 is 8.42 Å². The second-order valence-corrected chi connectivity index (χ2v) is 8.17. The zero-order valence-electron chi connectivity index (χ0n) is 14.4. The summed E-state index contributed by atoms with van der Waals surface area (Å²) in [5, 5.41) is 7.04. The molecule has 0 saturated heterocycles. The normalized spacial score (nSPS) is 12.5. The van der Waals surface area contributed by atoms with Crippen LogP contribution in [0, 0.1) is 0 Å². The Labute approximate surface area is 166 Å². The van der Waals surface area contributed by atoms with E-state index in [1.165, 1.54) is 5.56 Å². The van der Waals surface area contributed by atoms with Crippen LogP contribution in [0.2, 0.25) is 5.02 Å². The van der Waals surface area contributed by atoms with Crippen LogP contribution < -0.4 is 15.4 Å². The molecular formula is C15H26ClIN4O2S. The molecule has 0 aromatic heterocycles. The van der Waals surface area contributed by atoms with E-state index in [4.69, 9.17) is 11.6 Å². The van der Waals surface area contributed by atoms with E-state index in [9.17, 15) is 8.42 Å². The van der Waals surface area contributed by atoms with Gasteiger partial charge in [0.2, 0.25) is 10.0 Å². The Morgan fingerprint density at radius 2 is 1.79 bits per heavy atom. The maximum atomic E-state index is 11.3. The minimum Gasteiger partial charge on any atom is -0.356 e. The molecule has 0 saturated carbocycles. The number of nitrogens with zero attached hydrogens (tertiary/aromatic N) is 1. The van der Waals surface area contributed by atoms with Gasteiger partial charge in [-0.2, -0.15) is 0 Å². The highest BCUT2D eigenvalue weighted by molar-refractivity contribution is 14.0. The number of hydrogen-bond donors (Lipinski definition) is 3. The predicted molar refractivity (Wildman–Crippen MR) is 112 cm³/mol. The van der Waals surface area contributed by atoms with E-state index in [0.717, 1.165) is 17.7 Å². The number of benzene rings is 1. The number of rotatable bonds is 7. The zero-order valence-corrected chi connectivity index (χ0v) is 18.3. The highest BCUT2D eigenvalue weighted by Crippen LogP contribution is 2.09. The van der Waals surface area contributed by atoms with Gasteiger partial charge < -0.3 is 10.6 Å². The summed E-state index contributed by atoms with van der Waals surface area (Å²) in [7, 11) is -1.58. The smallest absolute Gasteiger partial charge is 0.209 e. The molecule has 9 heteroatoms. The lowest BCUT2D eigenvalue weighted by atomic mass is 10.1. The Hall–Kier alpha value is -0.580. The summed E-state index contributed by atoms with van der Waals surface area (Å²) in [6, 6.07) is 7.70. The number of aliphatic imine (C=N–C) groups is 1. The van der Waals surface area contributed by atoms with Gasteiger partial charge >= 0.3 is 0 Å². The van der Waals surface area contributed by atoms with Gasteiger partial charge in [-0.1, -0.05) is 23.7 Å². The fourth-order valence-electron chi connectivity index (χ4n) is 2.04. The molecule has 0 amide bonds. The highest BCUT2D eigenvalue weighted by Gasteiger charge is 2.22. The van der Waals surface area contributed by atoms with Crippen molar-refractivity contribution in [3.8, 4) is 0 Å². The summed E-state index contributed by atoms with van der Waals surface area (Å²) >= 11 is 5.85. The van der Waals surface area contributed by atoms with E-state index in [0.29, 0.717) is 19.0 Å². The van der Waals surface area contributed by atoms with Crippen LogP contribution in [0.25, 0.3) is 0 Å². The van der Waals surface area contributed by atoms with Crippen LogP contribution >= 0.6 is 35.6 Å². The van der Waals surface area contributed by atoms with E-state index < -0.39 is 15.6 Å². The van der Waals surface area contributed by atoms with Crippen LogP contribution in [-0.2, 0) is 16.4 Å². The van der Waals surface area contributed by atoms with Crippen LogP contribution in [-0.4, -0.2) is 46.3 Å². The Bertz CT molecular complexity index is 633. The van der Waals surface area contributed by atoms with Crippen molar-refractivity contribution >= 4 is 51.6 Å². The molecule has 6 nitrogen and oxygen atoms in total. The molecule has 1 aromatic carbocycles. The summed E-state index contributed by atoms with van der Waals surface area (Å²) in [5.74, 6) is 0.627. The third-order valence-electron chi connectivity index (χ3n) is 3.00. The predicted octanol–water partition coefficient (Wildman–Crippen LogP) is 1.99. The molecule has 0 radical (unpaired) electrons.